The summed E-state index contributed by atoms with van der Waals surface area (Å²) in [6.07, 6.45) is 1.89. The summed E-state index contributed by atoms with van der Waals surface area (Å²) in [7, 11) is 0. The third-order valence-electron chi connectivity index (χ3n) is 3.60. The van der Waals surface area contributed by atoms with E-state index in [1.165, 1.54) is 0 Å². The van der Waals surface area contributed by atoms with Crippen molar-refractivity contribution in [3.63, 3.8) is 0 Å². The predicted molar refractivity (Wildman–Crippen MR) is 83.2 cm³/mol. The monoisotopic (exact) mass is 296 g/mol. The lowest BCUT2D eigenvalue weighted by Gasteiger charge is -2.17. The Labute approximate surface area is 128 Å². The first-order valence-electron chi connectivity index (χ1n) is 7.10. The molecule has 0 atom stereocenters. The number of carbonyl (C=O) groups is 2. The summed E-state index contributed by atoms with van der Waals surface area (Å²) in [5.41, 5.74) is 7.85. The van der Waals surface area contributed by atoms with Crippen molar-refractivity contribution in [2.45, 2.75) is 12.8 Å². The van der Waals surface area contributed by atoms with E-state index in [9.17, 15) is 9.59 Å². The molecule has 5 heteroatoms. The summed E-state index contributed by atoms with van der Waals surface area (Å²) in [6.45, 7) is 0.727. The van der Waals surface area contributed by atoms with Crippen molar-refractivity contribution < 1.29 is 14.3 Å². The number of carbonyl (C=O) groups excluding carboxylic acids is 2. The lowest BCUT2D eigenvalue weighted by Crippen LogP contribution is -2.15. The SMILES string of the molecule is NC(=O)c1ccc(NC(=O)c2ccc3c(c2)CCCO3)cc1. The number of rotatable bonds is 3. The molecule has 0 saturated heterocycles. The van der Waals surface area contributed by atoms with E-state index in [4.69, 9.17) is 10.5 Å². The highest BCUT2D eigenvalue weighted by Crippen LogP contribution is 2.25. The van der Waals surface area contributed by atoms with E-state index in [-0.39, 0.29) is 5.91 Å². The molecular formula is C17H16N2O3. The number of benzene rings is 2. The van der Waals surface area contributed by atoms with Gasteiger partial charge in [0, 0.05) is 16.8 Å². The summed E-state index contributed by atoms with van der Waals surface area (Å²) in [5.74, 6) is 0.168. The van der Waals surface area contributed by atoms with Crippen LogP contribution in [0.1, 0.15) is 32.7 Å². The van der Waals surface area contributed by atoms with Gasteiger partial charge in [0.25, 0.3) is 5.91 Å². The molecule has 0 spiro atoms. The number of fused-ring (bicyclic) bond motifs is 1. The number of aryl methyl sites for hydroxylation is 1. The van der Waals surface area contributed by atoms with Crippen molar-refractivity contribution in [1.29, 1.82) is 0 Å². The molecule has 1 heterocycles. The van der Waals surface area contributed by atoms with E-state index in [0.29, 0.717) is 16.8 Å². The molecule has 0 aliphatic carbocycles. The zero-order valence-electron chi connectivity index (χ0n) is 12.0. The molecule has 0 aromatic heterocycles. The van der Waals surface area contributed by atoms with Crippen LogP contribution in [0.2, 0.25) is 0 Å². The lowest BCUT2D eigenvalue weighted by atomic mass is 10.0. The first-order valence-corrected chi connectivity index (χ1v) is 7.10. The second-order valence-electron chi connectivity index (χ2n) is 5.17. The molecular weight excluding hydrogens is 280 g/mol. The largest absolute Gasteiger partial charge is 0.493 e. The topological polar surface area (TPSA) is 81.4 Å². The Balaban J connectivity index is 1.75. The highest BCUT2D eigenvalue weighted by molar-refractivity contribution is 6.04. The van der Waals surface area contributed by atoms with Gasteiger partial charge in [-0.1, -0.05) is 0 Å². The predicted octanol–water partition coefficient (Wildman–Crippen LogP) is 2.36. The fourth-order valence-electron chi connectivity index (χ4n) is 2.42. The Kier molecular flexibility index (Phi) is 3.78. The second kappa shape index (κ2) is 5.89. The standard InChI is InChI=1S/C17H16N2O3/c18-16(20)11-3-6-14(7-4-11)19-17(21)13-5-8-15-12(10-13)2-1-9-22-15/h3-8,10H,1-2,9H2,(H2,18,20)(H,19,21). The molecule has 2 aromatic carbocycles. The van der Waals surface area contributed by atoms with Crippen LogP contribution >= 0.6 is 0 Å². The van der Waals surface area contributed by atoms with Crippen LogP contribution in [0.25, 0.3) is 0 Å². The van der Waals surface area contributed by atoms with Crippen molar-refractivity contribution in [1.82, 2.24) is 0 Å². The summed E-state index contributed by atoms with van der Waals surface area (Å²) < 4.78 is 5.54. The van der Waals surface area contributed by atoms with Crippen LogP contribution in [0.3, 0.4) is 0 Å². The summed E-state index contributed by atoms with van der Waals surface area (Å²) in [6, 6.07) is 11.9. The Morgan fingerprint density at radius 3 is 2.50 bits per heavy atom. The van der Waals surface area contributed by atoms with Gasteiger partial charge in [0.05, 0.1) is 6.61 Å². The van der Waals surface area contributed by atoms with Crippen molar-refractivity contribution in [2.75, 3.05) is 11.9 Å². The summed E-state index contributed by atoms with van der Waals surface area (Å²) in [5, 5.41) is 2.80. The minimum atomic E-state index is -0.493. The molecule has 3 N–H and O–H groups in total. The maximum Gasteiger partial charge on any atom is 0.255 e. The zero-order chi connectivity index (χ0) is 15.5. The molecule has 2 aromatic rings. The third kappa shape index (κ3) is 2.93. The summed E-state index contributed by atoms with van der Waals surface area (Å²) in [4.78, 5) is 23.3. The quantitative estimate of drug-likeness (QED) is 0.912. The number of primary amides is 1. The molecule has 1 aliphatic heterocycles. The molecule has 0 fully saturated rings. The van der Waals surface area contributed by atoms with E-state index in [2.05, 4.69) is 5.32 Å². The van der Waals surface area contributed by atoms with Crippen LogP contribution < -0.4 is 15.8 Å². The zero-order valence-corrected chi connectivity index (χ0v) is 12.0. The molecule has 22 heavy (non-hydrogen) atoms. The molecule has 112 valence electrons. The van der Waals surface area contributed by atoms with Crippen molar-refractivity contribution in [2.24, 2.45) is 5.73 Å². The second-order valence-corrected chi connectivity index (χ2v) is 5.17. The van der Waals surface area contributed by atoms with Gasteiger partial charge >= 0.3 is 0 Å². The number of nitrogens with one attached hydrogen (secondary N) is 1. The van der Waals surface area contributed by atoms with Crippen LogP contribution in [0.5, 0.6) is 5.75 Å². The number of anilines is 1. The maximum atomic E-state index is 12.3. The van der Waals surface area contributed by atoms with Gasteiger partial charge < -0.3 is 15.8 Å². The minimum Gasteiger partial charge on any atom is -0.493 e. The third-order valence-corrected chi connectivity index (χ3v) is 3.60. The van der Waals surface area contributed by atoms with Gasteiger partial charge in [0.15, 0.2) is 0 Å². The molecule has 0 saturated carbocycles. The van der Waals surface area contributed by atoms with E-state index < -0.39 is 5.91 Å². The maximum absolute atomic E-state index is 12.3. The smallest absolute Gasteiger partial charge is 0.255 e. The van der Waals surface area contributed by atoms with Gasteiger partial charge in [-0.3, -0.25) is 9.59 Å². The van der Waals surface area contributed by atoms with E-state index in [1.807, 2.05) is 12.1 Å². The van der Waals surface area contributed by atoms with Crippen LogP contribution in [0.4, 0.5) is 5.69 Å². The average Bonchev–Trinajstić information content (AvgIpc) is 2.55. The first kappa shape index (κ1) is 14.1. The van der Waals surface area contributed by atoms with Gasteiger partial charge in [-0.25, -0.2) is 0 Å². The fraction of sp³-hybridized carbons (Fsp3) is 0.176. The van der Waals surface area contributed by atoms with E-state index >= 15 is 0 Å². The molecule has 0 bridgehead atoms. The molecule has 2 amide bonds. The number of nitrogens with two attached hydrogens (primary N) is 1. The highest BCUT2D eigenvalue weighted by atomic mass is 16.5. The fourth-order valence-corrected chi connectivity index (χ4v) is 2.42. The minimum absolute atomic E-state index is 0.194. The Morgan fingerprint density at radius 2 is 1.77 bits per heavy atom. The Bertz CT molecular complexity index is 723. The van der Waals surface area contributed by atoms with Crippen LogP contribution in [-0.4, -0.2) is 18.4 Å². The van der Waals surface area contributed by atoms with Crippen LogP contribution in [0.15, 0.2) is 42.5 Å². The van der Waals surface area contributed by atoms with Gasteiger partial charge in [0.1, 0.15) is 5.75 Å². The normalized spacial score (nSPS) is 12.9. The van der Waals surface area contributed by atoms with Crippen molar-refractivity contribution in [3.05, 3.63) is 59.2 Å². The van der Waals surface area contributed by atoms with Crippen molar-refractivity contribution >= 4 is 17.5 Å². The number of ether oxygens (including phenoxy) is 1. The highest BCUT2D eigenvalue weighted by Gasteiger charge is 2.14. The average molecular weight is 296 g/mol. The number of amides is 2. The van der Waals surface area contributed by atoms with Crippen LogP contribution in [0, 0.1) is 0 Å². The molecule has 0 radical (unpaired) electrons. The molecule has 0 unspecified atom stereocenters. The van der Waals surface area contributed by atoms with Gasteiger partial charge in [-0.05, 0) is 60.9 Å². The van der Waals surface area contributed by atoms with Gasteiger partial charge in [-0.15, -0.1) is 0 Å². The molecule has 3 rings (SSSR count). The molecule has 5 nitrogen and oxygen atoms in total. The molecule has 1 aliphatic rings. The van der Waals surface area contributed by atoms with Crippen molar-refractivity contribution in [3.8, 4) is 5.75 Å². The van der Waals surface area contributed by atoms with Gasteiger partial charge in [0.2, 0.25) is 5.91 Å². The number of hydrogen-bond acceptors (Lipinski definition) is 3. The Hall–Kier alpha value is -2.82. The van der Waals surface area contributed by atoms with E-state index in [1.54, 1.807) is 30.3 Å². The van der Waals surface area contributed by atoms with Gasteiger partial charge in [-0.2, -0.15) is 0 Å². The van der Waals surface area contributed by atoms with E-state index in [0.717, 1.165) is 30.8 Å². The first-order chi connectivity index (χ1) is 10.6. The number of hydrogen-bond donors (Lipinski definition) is 2. The Morgan fingerprint density at radius 1 is 1.05 bits per heavy atom. The lowest BCUT2D eigenvalue weighted by molar-refractivity contribution is 0.0998. The van der Waals surface area contributed by atoms with Crippen LogP contribution in [-0.2, 0) is 6.42 Å². The summed E-state index contributed by atoms with van der Waals surface area (Å²) >= 11 is 0.